The Kier molecular flexibility index (Phi) is 5.97. The molecule has 4 rings (SSSR count). The smallest absolute Gasteiger partial charge is 0.257 e. The van der Waals surface area contributed by atoms with Gasteiger partial charge in [-0.3, -0.25) is 9.59 Å². The van der Waals surface area contributed by atoms with Gasteiger partial charge in [-0.05, 0) is 49.2 Å². The van der Waals surface area contributed by atoms with E-state index in [4.69, 9.17) is 9.26 Å². The van der Waals surface area contributed by atoms with E-state index in [1.807, 2.05) is 29.2 Å². The summed E-state index contributed by atoms with van der Waals surface area (Å²) >= 11 is 0. The Morgan fingerprint density at radius 1 is 1.16 bits per heavy atom. The highest BCUT2D eigenvalue weighted by Crippen LogP contribution is 2.30. The number of anilines is 1. The topological polar surface area (TPSA) is 97.6 Å². The number of nitrogens with zero attached hydrogens (tertiary/aromatic N) is 3. The molecule has 1 atom stereocenters. The van der Waals surface area contributed by atoms with Crippen molar-refractivity contribution in [2.75, 3.05) is 25.5 Å². The molecule has 8 nitrogen and oxygen atoms in total. The van der Waals surface area contributed by atoms with Crippen molar-refractivity contribution in [1.82, 2.24) is 15.0 Å². The van der Waals surface area contributed by atoms with Gasteiger partial charge in [-0.15, -0.1) is 0 Å². The van der Waals surface area contributed by atoms with Gasteiger partial charge in [0.2, 0.25) is 17.6 Å². The van der Waals surface area contributed by atoms with Crippen LogP contribution in [0.25, 0.3) is 11.4 Å². The maximum atomic E-state index is 13.0. The summed E-state index contributed by atoms with van der Waals surface area (Å²) in [7, 11) is 1.56. The molecule has 8 heteroatoms. The SMILES string of the molecule is COc1ccccc1C(=O)N1CCC[C@H](c2nc(-c3ccc(NC(C)=O)cc3)no2)C1. The van der Waals surface area contributed by atoms with Crippen LogP contribution in [0.15, 0.2) is 53.1 Å². The lowest BCUT2D eigenvalue weighted by Crippen LogP contribution is -2.39. The quantitative estimate of drug-likeness (QED) is 0.676. The van der Waals surface area contributed by atoms with Crippen LogP contribution in [0.5, 0.6) is 5.75 Å². The van der Waals surface area contributed by atoms with Gasteiger partial charge in [0.25, 0.3) is 5.91 Å². The van der Waals surface area contributed by atoms with Gasteiger partial charge in [0.05, 0.1) is 18.6 Å². The summed E-state index contributed by atoms with van der Waals surface area (Å²) in [5, 5.41) is 6.84. The number of nitrogens with one attached hydrogen (secondary N) is 1. The molecule has 0 bridgehead atoms. The zero-order chi connectivity index (χ0) is 21.8. The molecule has 1 N–H and O–H groups in total. The van der Waals surface area contributed by atoms with Crippen LogP contribution in [0.4, 0.5) is 5.69 Å². The minimum atomic E-state index is -0.126. The predicted molar refractivity (Wildman–Crippen MR) is 115 cm³/mol. The average Bonchev–Trinajstić information content (AvgIpc) is 3.29. The molecule has 1 saturated heterocycles. The van der Waals surface area contributed by atoms with Gasteiger partial charge in [-0.2, -0.15) is 4.98 Å². The number of hydrogen-bond acceptors (Lipinski definition) is 6. The van der Waals surface area contributed by atoms with Crippen molar-refractivity contribution in [3.8, 4) is 17.1 Å². The molecule has 160 valence electrons. The molecule has 2 heterocycles. The predicted octanol–water partition coefficient (Wildman–Crippen LogP) is 3.72. The number of aromatic nitrogens is 2. The first-order valence-electron chi connectivity index (χ1n) is 10.2. The van der Waals surface area contributed by atoms with Crippen molar-refractivity contribution in [3.05, 3.63) is 60.0 Å². The Labute approximate surface area is 180 Å². The summed E-state index contributed by atoms with van der Waals surface area (Å²) in [4.78, 5) is 30.6. The lowest BCUT2D eigenvalue weighted by molar-refractivity contribution is -0.114. The molecule has 3 aromatic rings. The van der Waals surface area contributed by atoms with Crippen molar-refractivity contribution >= 4 is 17.5 Å². The van der Waals surface area contributed by atoms with Gasteiger partial charge in [-0.25, -0.2) is 0 Å². The molecule has 0 saturated carbocycles. The molecule has 0 unspecified atom stereocenters. The normalized spacial score (nSPS) is 16.1. The van der Waals surface area contributed by atoms with Crippen LogP contribution >= 0.6 is 0 Å². The Hall–Kier alpha value is -3.68. The van der Waals surface area contributed by atoms with Gasteiger partial charge in [0.1, 0.15) is 5.75 Å². The number of hydrogen-bond donors (Lipinski definition) is 1. The highest BCUT2D eigenvalue weighted by Gasteiger charge is 2.30. The van der Waals surface area contributed by atoms with Crippen LogP contribution in [-0.2, 0) is 4.79 Å². The molecule has 1 aromatic heterocycles. The fourth-order valence-corrected chi connectivity index (χ4v) is 3.78. The van der Waals surface area contributed by atoms with Gasteiger partial charge in [0, 0.05) is 31.3 Å². The van der Waals surface area contributed by atoms with E-state index in [0.717, 1.165) is 18.4 Å². The molecular formula is C23H24N4O4. The molecule has 1 aliphatic rings. The summed E-state index contributed by atoms with van der Waals surface area (Å²) in [6.07, 6.45) is 1.73. The van der Waals surface area contributed by atoms with Crippen LogP contribution in [0.1, 0.15) is 41.9 Å². The molecule has 0 aliphatic carbocycles. The van der Waals surface area contributed by atoms with Gasteiger partial charge in [0.15, 0.2) is 0 Å². The first-order valence-corrected chi connectivity index (χ1v) is 10.2. The monoisotopic (exact) mass is 420 g/mol. The van der Waals surface area contributed by atoms with E-state index in [1.165, 1.54) is 6.92 Å². The van der Waals surface area contributed by atoms with Gasteiger partial charge in [-0.1, -0.05) is 17.3 Å². The van der Waals surface area contributed by atoms with Crippen LogP contribution < -0.4 is 10.1 Å². The highest BCUT2D eigenvalue weighted by molar-refractivity contribution is 5.97. The molecule has 2 aromatic carbocycles. The minimum absolute atomic E-state index is 0.0210. The van der Waals surface area contributed by atoms with Gasteiger partial charge < -0.3 is 19.5 Å². The second-order valence-corrected chi connectivity index (χ2v) is 7.51. The van der Waals surface area contributed by atoms with Gasteiger partial charge >= 0.3 is 0 Å². The maximum absolute atomic E-state index is 13.0. The Balaban J connectivity index is 1.47. The summed E-state index contributed by atoms with van der Waals surface area (Å²) < 4.78 is 10.9. The molecule has 1 fully saturated rings. The summed E-state index contributed by atoms with van der Waals surface area (Å²) in [5.74, 6) is 1.37. The molecular weight excluding hydrogens is 396 g/mol. The van der Waals surface area contributed by atoms with Crippen molar-refractivity contribution < 1.29 is 18.8 Å². The molecule has 0 spiro atoms. The summed E-state index contributed by atoms with van der Waals surface area (Å²) in [5.41, 5.74) is 2.05. The van der Waals surface area contributed by atoms with E-state index in [-0.39, 0.29) is 17.7 Å². The van der Waals surface area contributed by atoms with Crippen molar-refractivity contribution in [2.45, 2.75) is 25.7 Å². The number of likely N-dealkylation sites (tertiary alicyclic amines) is 1. The second kappa shape index (κ2) is 8.99. The number of piperidine rings is 1. The number of rotatable bonds is 5. The number of carbonyl (C=O) groups is 2. The Bertz CT molecular complexity index is 1080. The zero-order valence-corrected chi connectivity index (χ0v) is 17.5. The number of amides is 2. The second-order valence-electron chi connectivity index (χ2n) is 7.51. The highest BCUT2D eigenvalue weighted by atomic mass is 16.5. The van der Waals surface area contributed by atoms with Crippen molar-refractivity contribution in [2.24, 2.45) is 0 Å². The Morgan fingerprint density at radius 2 is 1.94 bits per heavy atom. The third-order valence-corrected chi connectivity index (χ3v) is 5.30. The molecule has 0 radical (unpaired) electrons. The molecule has 31 heavy (non-hydrogen) atoms. The maximum Gasteiger partial charge on any atom is 0.257 e. The van der Waals surface area contributed by atoms with E-state index in [9.17, 15) is 9.59 Å². The van der Waals surface area contributed by atoms with Crippen molar-refractivity contribution in [1.29, 1.82) is 0 Å². The Morgan fingerprint density at radius 3 is 2.68 bits per heavy atom. The number of methoxy groups -OCH3 is 1. The fourth-order valence-electron chi connectivity index (χ4n) is 3.78. The van der Waals surface area contributed by atoms with Crippen LogP contribution in [0.2, 0.25) is 0 Å². The van der Waals surface area contributed by atoms with E-state index >= 15 is 0 Å². The molecule has 2 amide bonds. The van der Waals surface area contributed by atoms with E-state index in [0.29, 0.717) is 41.8 Å². The zero-order valence-electron chi connectivity index (χ0n) is 17.5. The van der Waals surface area contributed by atoms with E-state index in [1.54, 1.807) is 31.4 Å². The third kappa shape index (κ3) is 4.58. The average molecular weight is 420 g/mol. The van der Waals surface area contributed by atoms with Crippen LogP contribution in [-0.4, -0.2) is 47.1 Å². The van der Waals surface area contributed by atoms with E-state index in [2.05, 4.69) is 15.5 Å². The first kappa shape index (κ1) is 20.6. The summed E-state index contributed by atoms with van der Waals surface area (Å²) in [6.45, 7) is 2.66. The number of benzene rings is 2. The van der Waals surface area contributed by atoms with Crippen LogP contribution in [0.3, 0.4) is 0 Å². The first-order chi connectivity index (χ1) is 15.0. The lowest BCUT2D eigenvalue weighted by atomic mass is 9.97. The molecule has 1 aliphatic heterocycles. The minimum Gasteiger partial charge on any atom is -0.496 e. The number of carbonyl (C=O) groups excluding carboxylic acids is 2. The van der Waals surface area contributed by atoms with Crippen molar-refractivity contribution in [3.63, 3.8) is 0 Å². The summed E-state index contributed by atoms with van der Waals surface area (Å²) in [6, 6.07) is 14.5. The third-order valence-electron chi connectivity index (χ3n) is 5.30. The van der Waals surface area contributed by atoms with E-state index < -0.39 is 0 Å². The standard InChI is InChI=1S/C23H24N4O4/c1-15(28)24-18-11-9-16(10-12-18)21-25-22(31-26-21)17-6-5-13-27(14-17)23(29)19-7-3-4-8-20(19)30-2/h3-4,7-12,17H,5-6,13-14H2,1-2H3,(H,24,28)/t17-/m0/s1. The number of ether oxygens (including phenoxy) is 1. The number of para-hydroxylation sites is 1. The largest absolute Gasteiger partial charge is 0.496 e. The lowest BCUT2D eigenvalue weighted by Gasteiger charge is -2.31. The fraction of sp³-hybridized carbons (Fsp3) is 0.304. The van der Waals surface area contributed by atoms with Crippen LogP contribution in [0, 0.1) is 0 Å².